The molecule has 24 heavy (non-hydrogen) atoms. The highest BCUT2D eigenvalue weighted by Crippen LogP contribution is 2.29. The van der Waals surface area contributed by atoms with E-state index in [4.69, 9.17) is 0 Å². The average Bonchev–Trinajstić information content (AvgIpc) is 3.18. The molecule has 0 amide bonds. The summed E-state index contributed by atoms with van der Waals surface area (Å²) in [6, 6.07) is 9.45. The summed E-state index contributed by atoms with van der Waals surface area (Å²) >= 11 is 0. The van der Waals surface area contributed by atoms with Gasteiger partial charge in [0.25, 0.3) is 0 Å². The number of hydrogen-bond donors (Lipinski definition) is 2. The summed E-state index contributed by atoms with van der Waals surface area (Å²) < 4.78 is 0. The fourth-order valence-corrected chi connectivity index (χ4v) is 3.25. The van der Waals surface area contributed by atoms with E-state index in [-0.39, 0.29) is 11.6 Å². The molecule has 5 nitrogen and oxygen atoms in total. The van der Waals surface area contributed by atoms with Crippen molar-refractivity contribution in [3.8, 4) is 0 Å². The lowest BCUT2D eigenvalue weighted by molar-refractivity contribution is 0.103. The molecule has 2 N–H and O–H groups in total. The van der Waals surface area contributed by atoms with Crippen molar-refractivity contribution in [3.05, 3.63) is 64.6 Å². The summed E-state index contributed by atoms with van der Waals surface area (Å²) in [7, 11) is 0. The van der Waals surface area contributed by atoms with Crippen molar-refractivity contribution in [2.24, 2.45) is 0 Å². The number of carbonyl (C=O) groups excluding carboxylic acids is 2. The molecule has 4 aromatic rings. The van der Waals surface area contributed by atoms with Crippen molar-refractivity contribution in [3.63, 3.8) is 0 Å². The molecule has 0 aliphatic rings. The summed E-state index contributed by atoms with van der Waals surface area (Å²) in [6.07, 6.45) is 2.41. The van der Waals surface area contributed by atoms with Gasteiger partial charge in [-0.15, -0.1) is 0 Å². The van der Waals surface area contributed by atoms with Gasteiger partial charge in [0.15, 0.2) is 12.1 Å². The van der Waals surface area contributed by atoms with Crippen LogP contribution in [0.1, 0.15) is 37.7 Å². The molecule has 0 spiro atoms. The Bertz CT molecular complexity index is 1090. The SMILES string of the molecule is Cc1cc(C)c2[nH]cc(C=O)c2c1C(=O)c1nc2ccccc2[nH]1. The number of rotatable bonds is 3. The molecule has 0 bridgehead atoms. The van der Waals surface area contributed by atoms with Crippen molar-refractivity contribution >= 4 is 34.0 Å². The molecule has 0 saturated heterocycles. The number of carbonyl (C=O) groups is 2. The zero-order chi connectivity index (χ0) is 16.8. The van der Waals surface area contributed by atoms with Gasteiger partial charge in [-0.05, 0) is 37.1 Å². The Balaban J connectivity index is 1.99. The number of imidazole rings is 1. The fourth-order valence-electron chi connectivity index (χ4n) is 3.25. The highest BCUT2D eigenvalue weighted by atomic mass is 16.1. The van der Waals surface area contributed by atoms with E-state index in [1.54, 1.807) is 6.20 Å². The van der Waals surface area contributed by atoms with E-state index < -0.39 is 0 Å². The van der Waals surface area contributed by atoms with Crippen molar-refractivity contribution in [2.75, 3.05) is 0 Å². The Morgan fingerprint density at radius 3 is 2.71 bits per heavy atom. The Hall–Kier alpha value is -3.21. The quantitative estimate of drug-likeness (QED) is 0.446. The van der Waals surface area contributed by atoms with E-state index in [1.165, 1.54) is 0 Å². The number of aromatic amines is 2. The van der Waals surface area contributed by atoms with Gasteiger partial charge in [-0.1, -0.05) is 18.2 Å². The van der Waals surface area contributed by atoms with Gasteiger partial charge in [-0.3, -0.25) is 9.59 Å². The van der Waals surface area contributed by atoms with Crippen molar-refractivity contribution in [1.29, 1.82) is 0 Å². The summed E-state index contributed by atoms with van der Waals surface area (Å²) in [6.45, 7) is 3.83. The Morgan fingerprint density at radius 1 is 1.17 bits per heavy atom. The van der Waals surface area contributed by atoms with E-state index in [0.717, 1.165) is 34.0 Å². The smallest absolute Gasteiger partial charge is 0.229 e. The minimum absolute atomic E-state index is 0.212. The van der Waals surface area contributed by atoms with Crippen LogP contribution in [-0.2, 0) is 0 Å². The summed E-state index contributed by atoms with van der Waals surface area (Å²) in [5.41, 5.74) is 5.18. The van der Waals surface area contributed by atoms with Crippen LogP contribution in [0.15, 0.2) is 36.5 Å². The second-order valence-corrected chi connectivity index (χ2v) is 5.93. The zero-order valence-electron chi connectivity index (χ0n) is 13.3. The lowest BCUT2D eigenvalue weighted by atomic mass is 9.95. The number of para-hydroxylation sites is 2. The van der Waals surface area contributed by atoms with Crippen molar-refractivity contribution in [1.82, 2.24) is 15.0 Å². The minimum atomic E-state index is -0.212. The number of nitrogens with zero attached hydrogens (tertiary/aromatic N) is 1. The predicted molar refractivity (Wildman–Crippen MR) is 92.7 cm³/mol. The van der Waals surface area contributed by atoms with Crippen LogP contribution < -0.4 is 0 Å². The largest absolute Gasteiger partial charge is 0.360 e. The molecule has 0 unspecified atom stereocenters. The maximum atomic E-state index is 13.1. The first-order chi connectivity index (χ1) is 11.6. The van der Waals surface area contributed by atoms with Crippen LogP contribution in [0.4, 0.5) is 0 Å². The number of aromatic nitrogens is 3. The van der Waals surface area contributed by atoms with Crippen LogP contribution in [0.3, 0.4) is 0 Å². The number of ketones is 1. The standard InChI is InChI=1S/C19H15N3O2/c1-10-7-11(2)17-16(12(9-23)8-20-17)15(10)18(24)19-21-13-5-3-4-6-14(13)22-19/h3-9,20H,1-2H3,(H,21,22). The van der Waals surface area contributed by atoms with Gasteiger partial charge in [0.1, 0.15) is 0 Å². The molecule has 2 aromatic carbocycles. The predicted octanol–water partition coefficient (Wildman–Crippen LogP) is 3.70. The second-order valence-electron chi connectivity index (χ2n) is 5.93. The molecule has 0 radical (unpaired) electrons. The zero-order valence-corrected chi connectivity index (χ0v) is 13.3. The van der Waals surface area contributed by atoms with Crippen LogP contribution >= 0.6 is 0 Å². The van der Waals surface area contributed by atoms with E-state index in [1.807, 2.05) is 44.2 Å². The molecular formula is C19H15N3O2. The maximum absolute atomic E-state index is 13.1. The van der Waals surface area contributed by atoms with Crippen LogP contribution in [0.2, 0.25) is 0 Å². The highest BCUT2D eigenvalue weighted by molar-refractivity contribution is 6.19. The van der Waals surface area contributed by atoms with Gasteiger partial charge >= 0.3 is 0 Å². The number of fused-ring (bicyclic) bond motifs is 2. The number of benzene rings is 2. The first-order valence-electron chi connectivity index (χ1n) is 7.66. The number of aryl methyl sites for hydroxylation is 2. The molecule has 0 aliphatic heterocycles. The maximum Gasteiger partial charge on any atom is 0.229 e. The van der Waals surface area contributed by atoms with Crippen LogP contribution in [0.5, 0.6) is 0 Å². The van der Waals surface area contributed by atoms with Gasteiger partial charge in [0, 0.05) is 28.2 Å². The number of hydrogen-bond acceptors (Lipinski definition) is 3. The van der Waals surface area contributed by atoms with Gasteiger partial charge in [0.2, 0.25) is 5.78 Å². The van der Waals surface area contributed by atoms with E-state index in [0.29, 0.717) is 16.5 Å². The molecule has 2 heterocycles. The highest BCUT2D eigenvalue weighted by Gasteiger charge is 2.22. The van der Waals surface area contributed by atoms with Crippen LogP contribution in [0.25, 0.3) is 21.9 Å². The Labute approximate surface area is 137 Å². The summed E-state index contributed by atoms with van der Waals surface area (Å²) in [4.78, 5) is 35.1. The Kier molecular flexibility index (Phi) is 3.09. The molecule has 4 rings (SSSR count). The molecule has 118 valence electrons. The van der Waals surface area contributed by atoms with Gasteiger partial charge in [0.05, 0.1) is 11.0 Å². The molecular weight excluding hydrogens is 302 g/mol. The van der Waals surface area contributed by atoms with Gasteiger partial charge in [-0.2, -0.15) is 0 Å². The molecule has 0 saturated carbocycles. The number of aldehydes is 1. The number of H-pyrrole nitrogens is 2. The topological polar surface area (TPSA) is 78.6 Å². The lowest BCUT2D eigenvalue weighted by Gasteiger charge is -2.08. The third-order valence-corrected chi connectivity index (χ3v) is 4.34. The summed E-state index contributed by atoms with van der Waals surface area (Å²) in [5.74, 6) is 0.0684. The third-order valence-electron chi connectivity index (χ3n) is 4.34. The van der Waals surface area contributed by atoms with Crippen molar-refractivity contribution < 1.29 is 9.59 Å². The molecule has 2 aromatic heterocycles. The molecule has 0 atom stereocenters. The van der Waals surface area contributed by atoms with Gasteiger partial charge in [-0.25, -0.2) is 4.98 Å². The Morgan fingerprint density at radius 2 is 1.96 bits per heavy atom. The second kappa shape index (κ2) is 5.16. The normalized spacial score (nSPS) is 11.2. The number of nitrogens with one attached hydrogen (secondary N) is 2. The third kappa shape index (κ3) is 1.98. The van der Waals surface area contributed by atoms with Gasteiger partial charge < -0.3 is 9.97 Å². The van der Waals surface area contributed by atoms with Crippen LogP contribution in [-0.4, -0.2) is 27.0 Å². The molecule has 5 heteroatoms. The lowest BCUT2D eigenvalue weighted by Crippen LogP contribution is -2.08. The summed E-state index contributed by atoms with van der Waals surface area (Å²) in [5, 5.41) is 0.660. The van der Waals surface area contributed by atoms with Crippen LogP contribution in [0, 0.1) is 13.8 Å². The van der Waals surface area contributed by atoms with E-state index >= 15 is 0 Å². The average molecular weight is 317 g/mol. The molecule has 0 aliphatic carbocycles. The fraction of sp³-hybridized carbons (Fsp3) is 0.105. The van der Waals surface area contributed by atoms with E-state index in [9.17, 15) is 9.59 Å². The first-order valence-corrected chi connectivity index (χ1v) is 7.66. The van der Waals surface area contributed by atoms with Crippen molar-refractivity contribution in [2.45, 2.75) is 13.8 Å². The monoisotopic (exact) mass is 317 g/mol. The minimum Gasteiger partial charge on any atom is -0.360 e. The van der Waals surface area contributed by atoms with E-state index in [2.05, 4.69) is 15.0 Å². The first kappa shape index (κ1) is 14.4. The molecule has 0 fully saturated rings.